The number of halogens is 3. The van der Waals surface area contributed by atoms with Gasteiger partial charge in [-0.05, 0) is 19.8 Å². The molecule has 3 aromatic rings. The maximum Gasteiger partial charge on any atom is 0.433 e. The fourth-order valence-corrected chi connectivity index (χ4v) is 4.89. The lowest BCUT2D eigenvalue weighted by Crippen LogP contribution is -2.67. The van der Waals surface area contributed by atoms with E-state index in [1.165, 1.54) is 11.8 Å². The van der Waals surface area contributed by atoms with Crippen molar-refractivity contribution in [3.63, 3.8) is 0 Å². The number of nitrogens with zero attached hydrogens (tertiary/aromatic N) is 7. The number of anilines is 1. The first-order valence-electron chi connectivity index (χ1n) is 10.7. The van der Waals surface area contributed by atoms with Crippen molar-refractivity contribution in [1.29, 1.82) is 0 Å². The van der Waals surface area contributed by atoms with E-state index >= 15 is 0 Å². The van der Waals surface area contributed by atoms with E-state index in [1.54, 1.807) is 28.9 Å². The number of aryl methyl sites for hydroxylation is 2. The summed E-state index contributed by atoms with van der Waals surface area (Å²) in [6.07, 6.45) is 1.99. The molecule has 2 aliphatic rings. The van der Waals surface area contributed by atoms with Crippen molar-refractivity contribution in [2.75, 3.05) is 25.5 Å². The third-order valence-corrected chi connectivity index (χ3v) is 6.67. The van der Waals surface area contributed by atoms with Crippen LogP contribution in [0.1, 0.15) is 34.7 Å². The standard InChI is InChI=1S/C21H23F3N8O2/c1-12-26-15(21(22,23)24)6-16(27-12)28-19(34)30(3)13-7-20(8-13)10-31(11-20)18(33)14-9-25-32-5-4-29(2)17(14)32/h4-6,9,13H,7-8,10-11H2,1-3H3,(H,26,27,28,34). The Morgan fingerprint density at radius 2 is 1.91 bits per heavy atom. The Labute approximate surface area is 192 Å². The van der Waals surface area contributed by atoms with Crippen LogP contribution in [0.3, 0.4) is 0 Å². The quantitative estimate of drug-likeness (QED) is 0.626. The first kappa shape index (κ1) is 22.2. The summed E-state index contributed by atoms with van der Waals surface area (Å²) in [7, 11) is 3.46. The maximum absolute atomic E-state index is 13.0. The van der Waals surface area contributed by atoms with Gasteiger partial charge in [0.2, 0.25) is 0 Å². The summed E-state index contributed by atoms with van der Waals surface area (Å²) < 4.78 is 42.4. The fraction of sp³-hybridized carbons (Fsp3) is 0.476. The Kier molecular flexibility index (Phi) is 4.85. The van der Waals surface area contributed by atoms with E-state index in [0.717, 1.165) is 11.7 Å². The van der Waals surface area contributed by atoms with E-state index in [2.05, 4.69) is 20.4 Å². The summed E-state index contributed by atoms with van der Waals surface area (Å²) >= 11 is 0. The molecule has 5 rings (SSSR count). The molecular formula is C21H23F3N8O2. The molecule has 0 aromatic carbocycles. The number of likely N-dealkylation sites (tertiary alicyclic amines) is 1. The monoisotopic (exact) mass is 476 g/mol. The van der Waals surface area contributed by atoms with Gasteiger partial charge in [-0.25, -0.2) is 19.3 Å². The van der Waals surface area contributed by atoms with Gasteiger partial charge in [0.1, 0.15) is 28.5 Å². The molecule has 1 spiro atoms. The zero-order valence-corrected chi connectivity index (χ0v) is 18.8. The number of alkyl halides is 3. The number of amides is 3. The molecule has 0 unspecified atom stereocenters. The van der Waals surface area contributed by atoms with Gasteiger partial charge < -0.3 is 14.4 Å². The summed E-state index contributed by atoms with van der Waals surface area (Å²) in [5.41, 5.74) is 0.144. The highest BCUT2D eigenvalue weighted by Gasteiger charge is 2.55. The molecule has 0 radical (unpaired) electrons. The molecular weight excluding hydrogens is 453 g/mol. The molecule has 1 saturated carbocycles. The topological polar surface area (TPSA) is 101 Å². The van der Waals surface area contributed by atoms with Crippen molar-refractivity contribution >= 4 is 23.4 Å². The second kappa shape index (κ2) is 7.43. The van der Waals surface area contributed by atoms with E-state index in [4.69, 9.17) is 0 Å². The van der Waals surface area contributed by atoms with Gasteiger partial charge in [-0.2, -0.15) is 18.3 Å². The minimum absolute atomic E-state index is 0.0374. The van der Waals surface area contributed by atoms with Gasteiger partial charge in [-0.1, -0.05) is 0 Å². The highest BCUT2D eigenvalue weighted by Crippen LogP contribution is 2.50. The van der Waals surface area contributed by atoms with Crippen LogP contribution < -0.4 is 5.32 Å². The van der Waals surface area contributed by atoms with E-state index in [0.29, 0.717) is 31.5 Å². The largest absolute Gasteiger partial charge is 0.433 e. The number of imidazole rings is 1. The predicted octanol–water partition coefficient (Wildman–Crippen LogP) is 2.56. The van der Waals surface area contributed by atoms with Gasteiger partial charge in [0.15, 0.2) is 0 Å². The van der Waals surface area contributed by atoms with Crippen molar-refractivity contribution in [2.45, 2.75) is 32.0 Å². The third kappa shape index (κ3) is 3.64. The summed E-state index contributed by atoms with van der Waals surface area (Å²) in [6, 6.07) is 0.110. The molecule has 2 fully saturated rings. The minimum Gasteiger partial charge on any atom is -0.337 e. The number of carbonyl (C=O) groups is 2. The molecule has 3 aromatic heterocycles. The fourth-order valence-electron chi connectivity index (χ4n) is 4.89. The molecule has 1 N–H and O–H groups in total. The molecule has 13 heteroatoms. The van der Waals surface area contributed by atoms with E-state index in [1.807, 2.05) is 17.8 Å². The number of nitrogens with one attached hydrogen (secondary N) is 1. The predicted molar refractivity (Wildman–Crippen MR) is 114 cm³/mol. The molecule has 4 heterocycles. The number of aromatic nitrogens is 5. The van der Waals surface area contributed by atoms with E-state index in [9.17, 15) is 22.8 Å². The lowest BCUT2D eigenvalue weighted by molar-refractivity contribution is -0.141. The van der Waals surface area contributed by atoms with E-state index < -0.39 is 17.9 Å². The van der Waals surface area contributed by atoms with Gasteiger partial charge in [0.05, 0.1) is 6.20 Å². The van der Waals surface area contributed by atoms with Crippen molar-refractivity contribution in [1.82, 2.24) is 33.9 Å². The van der Waals surface area contributed by atoms with Crippen molar-refractivity contribution < 1.29 is 22.8 Å². The van der Waals surface area contributed by atoms with Crippen molar-refractivity contribution in [3.05, 3.63) is 41.7 Å². The number of fused-ring (bicyclic) bond motifs is 1. The summed E-state index contributed by atoms with van der Waals surface area (Å²) in [5, 5.41) is 6.64. The SMILES string of the molecule is Cc1nc(NC(=O)N(C)C2CC3(C2)CN(C(=O)c2cnn4ccn(C)c24)C3)cc(C(F)(F)F)n1. The Morgan fingerprint density at radius 1 is 1.21 bits per heavy atom. The third-order valence-electron chi connectivity index (χ3n) is 6.67. The summed E-state index contributed by atoms with van der Waals surface area (Å²) in [5.74, 6) is -0.350. The van der Waals surface area contributed by atoms with Crippen LogP contribution in [-0.2, 0) is 13.2 Å². The smallest absolute Gasteiger partial charge is 0.337 e. The van der Waals surface area contributed by atoms with Gasteiger partial charge >= 0.3 is 12.2 Å². The number of hydrogen-bond donors (Lipinski definition) is 1. The zero-order chi connectivity index (χ0) is 24.4. The average molecular weight is 476 g/mol. The second-order valence-corrected chi connectivity index (χ2v) is 9.18. The number of urea groups is 1. The number of rotatable bonds is 3. The summed E-state index contributed by atoms with van der Waals surface area (Å²) in [4.78, 5) is 36.0. The van der Waals surface area contributed by atoms with Crippen molar-refractivity contribution in [3.8, 4) is 0 Å². The molecule has 3 amide bonds. The highest BCUT2D eigenvalue weighted by atomic mass is 19.4. The average Bonchev–Trinajstić information content (AvgIpc) is 3.27. The van der Waals surface area contributed by atoms with Gasteiger partial charge in [0.25, 0.3) is 5.91 Å². The van der Waals surface area contributed by atoms with Gasteiger partial charge in [-0.15, -0.1) is 0 Å². The van der Waals surface area contributed by atoms with Crippen LogP contribution in [0.25, 0.3) is 5.65 Å². The summed E-state index contributed by atoms with van der Waals surface area (Å²) in [6.45, 7) is 2.53. The van der Waals surface area contributed by atoms with Crippen molar-refractivity contribution in [2.24, 2.45) is 12.5 Å². The molecule has 0 bridgehead atoms. The Balaban J connectivity index is 1.17. The molecule has 1 aliphatic carbocycles. The number of hydrogen-bond acceptors (Lipinski definition) is 5. The minimum atomic E-state index is -4.63. The van der Waals surface area contributed by atoms with Gasteiger partial charge in [0, 0.05) is 57.1 Å². The zero-order valence-electron chi connectivity index (χ0n) is 18.8. The first-order chi connectivity index (χ1) is 16.0. The number of carbonyl (C=O) groups excluding carboxylic acids is 2. The van der Waals surface area contributed by atoms with Crippen LogP contribution in [-0.4, -0.2) is 72.1 Å². The van der Waals surface area contributed by atoms with Crippen LogP contribution in [0.5, 0.6) is 0 Å². The molecule has 34 heavy (non-hydrogen) atoms. The maximum atomic E-state index is 13.0. The first-order valence-corrected chi connectivity index (χ1v) is 10.7. The van der Waals surface area contributed by atoms with Crippen LogP contribution in [0.2, 0.25) is 0 Å². The normalized spacial score (nSPS) is 17.5. The highest BCUT2D eigenvalue weighted by molar-refractivity contribution is 6.00. The molecule has 10 nitrogen and oxygen atoms in total. The molecule has 1 saturated heterocycles. The van der Waals surface area contributed by atoms with Crippen LogP contribution in [0, 0.1) is 12.3 Å². The van der Waals surface area contributed by atoms with Crippen LogP contribution in [0.4, 0.5) is 23.8 Å². The van der Waals surface area contributed by atoms with E-state index in [-0.39, 0.29) is 29.0 Å². The van der Waals surface area contributed by atoms with Crippen LogP contribution >= 0.6 is 0 Å². The Bertz CT molecular complexity index is 1280. The lowest BCUT2D eigenvalue weighted by atomic mass is 9.60. The Hall–Kier alpha value is -3.64. The molecule has 180 valence electrons. The van der Waals surface area contributed by atoms with Crippen LogP contribution in [0.15, 0.2) is 24.7 Å². The molecule has 1 aliphatic heterocycles. The van der Waals surface area contributed by atoms with Gasteiger partial charge in [-0.3, -0.25) is 10.1 Å². The second-order valence-electron chi connectivity index (χ2n) is 9.18. The molecule has 0 atom stereocenters. The lowest BCUT2D eigenvalue weighted by Gasteiger charge is -2.60. The Morgan fingerprint density at radius 3 is 2.59 bits per heavy atom.